The van der Waals surface area contributed by atoms with E-state index in [2.05, 4.69) is 24.8 Å². The lowest BCUT2D eigenvalue weighted by molar-refractivity contribution is -0.120. The molecule has 0 aliphatic carbocycles. The van der Waals surface area contributed by atoms with Crippen LogP contribution >= 0.6 is 7.82 Å². The summed E-state index contributed by atoms with van der Waals surface area (Å²) in [6, 6.07) is 0. The van der Waals surface area contributed by atoms with E-state index in [1.165, 1.54) is 7.11 Å². The van der Waals surface area contributed by atoms with Crippen molar-refractivity contribution in [3.8, 4) is 0 Å². The molecule has 0 radical (unpaired) electrons. The van der Waals surface area contributed by atoms with Crippen molar-refractivity contribution in [1.82, 2.24) is 5.32 Å². The fourth-order valence-corrected chi connectivity index (χ4v) is 2.26. The zero-order valence-corrected chi connectivity index (χ0v) is 16.7. The second kappa shape index (κ2) is 11.2. The SMILES string of the molecule is CO/N=C(\C)CNC(=O)CCN=C(N)C(O)C(C)(C)COP(=O)(O)OC. The largest absolute Gasteiger partial charge is 0.471 e. The summed E-state index contributed by atoms with van der Waals surface area (Å²) in [6.45, 7) is 4.91. The van der Waals surface area contributed by atoms with Crippen LogP contribution in [-0.4, -0.2) is 67.5 Å². The van der Waals surface area contributed by atoms with Crippen LogP contribution in [0.2, 0.25) is 0 Å². The second-order valence-electron chi connectivity index (χ2n) is 6.16. The van der Waals surface area contributed by atoms with Crippen molar-refractivity contribution in [2.24, 2.45) is 21.3 Å². The summed E-state index contributed by atoms with van der Waals surface area (Å²) >= 11 is 0. The van der Waals surface area contributed by atoms with Gasteiger partial charge >= 0.3 is 7.82 Å². The van der Waals surface area contributed by atoms with Gasteiger partial charge in [-0.2, -0.15) is 0 Å². The monoisotopic (exact) mass is 396 g/mol. The number of phosphoric acid groups is 1. The number of aliphatic hydroxyl groups excluding tert-OH is 1. The molecule has 152 valence electrons. The van der Waals surface area contributed by atoms with Crippen molar-refractivity contribution < 1.29 is 33.2 Å². The Labute approximate surface area is 153 Å². The molecule has 0 aliphatic heterocycles. The molecule has 2 atom stereocenters. The molecule has 0 heterocycles. The Balaban J connectivity index is 4.49. The predicted molar refractivity (Wildman–Crippen MR) is 96.8 cm³/mol. The predicted octanol–water partition coefficient (Wildman–Crippen LogP) is 0.0227. The zero-order valence-electron chi connectivity index (χ0n) is 15.8. The van der Waals surface area contributed by atoms with E-state index in [1.54, 1.807) is 20.8 Å². The third kappa shape index (κ3) is 9.83. The third-order valence-electron chi connectivity index (χ3n) is 3.27. The minimum absolute atomic E-state index is 0.0696. The summed E-state index contributed by atoms with van der Waals surface area (Å²) in [5, 5.41) is 16.5. The average molecular weight is 396 g/mol. The maximum Gasteiger partial charge on any atom is 0.471 e. The fourth-order valence-electron chi connectivity index (χ4n) is 1.66. The molecule has 5 N–H and O–H groups in total. The van der Waals surface area contributed by atoms with Crippen molar-refractivity contribution >= 4 is 25.3 Å². The molecule has 0 aromatic rings. The number of nitrogens with two attached hydrogens (primary N) is 1. The number of hydrogen-bond donors (Lipinski definition) is 4. The van der Waals surface area contributed by atoms with Gasteiger partial charge in [-0.3, -0.25) is 18.8 Å². The van der Waals surface area contributed by atoms with Gasteiger partial charge in [-0.15, -0.1) is 0 Å². The molecule has 0 spiro atoms. The molecule has 0 aromatic carbocycles. The summed E-state index contributed by atoms with van der Waals surface area (Å²) in [5.74, 6) is -0.362. The first-order valence-corrected chi connectivity index (χ1v) is 9.29. The highest BCUT2D eigenvalue weighted by Crippen LogP contribution is 2.43. The number of carbonyl (C=O) groups is 1. The number of hydrogen-bond acceptors (Lipinski definition) is 8. The fraction of sp³-hybridized carbons (Fsp3) is 0.786. The van der Waals surface area contributed by atoms with Crippen LogP contribution in [-0.2, 0) is 23.2 Å². The zero-order chi connectivity index (χ0) is 20.4. The number of amides is 1. The first kappa shape index (κ1) is 24.5. The number of phosphoric ester groups is 1. The number of nitrogens with zero attached hydrogens (tertiary/aromatic N) is 2. The van der Waals surface area contributed by atoms with Gasteiger partial charge in [0.15, 0.2) is 0 Å². The van der Waals surface area contributed by atoms with Crippen LogP contribution in [0.15, 0.2) is 10.1 Å². The van der Waals surface area contributed by atoms with Crippen LogP contribution in [0.1, 0.15) is 27.2 Å². The number of oxime groups is 1. The highest BCUT2D eigenvalue weighted by atomic mass is 31.2. The maximum atomic E-state index is 11.7. The van der Waals surface area contributed by atoms with Crippen molar-refractivity contribution in [2.45, 2.75) is 33.3 Å². The van der Waals surface area contributed by atoms with Crippen molar-refractivity contribution in [3.05, 3.63) is 0 Å². The number of carbonyl (C=O) groups excluding carboxylic acids is 1. The first-order chi connectivity index (χ1) is 11.9. The summed E-state index contributed by atoms with van der Waals surface area (Å²) < 4.78 is 20.4. The molecule has 26 heavy (non-hydrogen) atoms. The number of nitrogens with one attached hydrogen (secondary N) is 1. The number of amidine groups is 1. The quantitative estimate of drug-likeness (QED) is 0.155. The van der Waals surface area contributed by atoms with E-state index >= 15 is 0 Å². The molecule has 0 aromatic heterocycles. The lowest BCUT2D eigenvalue weighted by atomic mass is 9.87. The maximum absolute atomic E-state index is 11.7. The first-order valence-electron chi connectivity index (χ1n) is 7.79. The van der Waals surface area contributed by atoms with Crippen LogP contribution in [0.5, 0.6) is 0 Å². The minimum Gasteiger partial charge on any atom is -0.399 e. The molecule has 0 bridgehead atoms. The standard InChI is InChI=1S/C14H29N4O7P/c1-10(18-23-4)8-17-11(19)6-7-16-13(15)12(20)14(2,3)9-25-26(21,22)24-5/h12,20H,6-9H2,1-5H3,(H2,15,16)(H,17,19)(H,21,22)/b18-10+. The Morgan fingerprint density at radius 2 is 2.00 bits per heavy atom. The van der Waals surface area contributed by atoms with E-state index in [-0.39, 0.29) is 37.9 Å². The lowest BCUT2D eigenvalue weighted by Gasteiger charge is -2.30. The minimum atomic E-state index is -4.16. The van der Waals surface area contributed by atoms with Crippen LogP contribution < -0.4 is 11.1 Å². The van der Waals surface area contributed by atoms with Gasteiger partial charge in [0.1, 0.15) is 19.0 Å². The molecule has 2 unspecified atom stereocenters. The molecule has 0 aliphatic rings. The molecule has 1 amide bonds. The highest BCUT2D eigenvalue weighted by molar-refractivity contribution is 7.47. The van der Waals surface area contributed by atoms with Gasteiger partial charge in [0, 0.05) is 25.5 Å². The van der Waals surface area contributed by atoms with Gasteiger partial charge in [-0.25, -0.2) is 4.57 Å². The molecular formula is C14H29N4O7P. The topological polar surface area (TPSA) is 165 Å². The van der Waals surface area contributed by atoms with Gasteiger partial charge in [-0.1, -0.05) is 19.0 Å². The Morgan fingerprint density at radius 3 is 2.54 bits per heavy atom. The molecule has 11 nitrogen and oxygen atoms in total. The van der Waals surface area contributed by atoms with Gasteiger partial charge in [0.05, 0.1) is 18.9 Å². The van der Waals surface area contributed by atoms with E-state index in [9.17, 15) is 19.4 Å². The Kier molecular flexibility index (Phi) is 10.6. The van der Waals surface area contributed by atoms with Crippen LogP contribution in [0.25, 0.3) is 0 Å². The van der Waals surface area contributed by atoms with Crippen molar-refractivity contribution in [1.29, 1.82) is 0 Å². The van der Waals surface area contributed by atoms with Crippen molar-refractivity contribution in [2.75, 3.05) is 33.9 Å². The van der Waals surface area contributed by atoms with Gasteiger partial charge in [-0.05, 0) is 6.92 Å². The summed E-state index contributed by atoms with van der Waals surface area (Å²) in [6.07, 6.45) is -1.17. The van der Waals surface area contributed by atoms with E-state index in [1.807, 2.05) is 0 Å². The lowest BCUT2D eigenvalue weighted by Crippen LogP contribution is -2.43. The molecular weight excluding hydrogens is 367 g/mol. The van der Waals surface area contributed by atoms with Crippen LogP contribution in [0.3, 0.4) is 0 Å². The molecule has 0 fully saturated rings. The summed E-state index contributed by atoms with van der Waals surface area (Å²) in [4.78, 5) is 29.5. The van der Waals surface area contributed by atoms with Gasteiger partial charge < -0.3 is 25.9 Å². The van der Waals surface area contributed by atoms with Crippen LogP contribution in [0.4, 0.5) is 0 Å². The number of aliphatic imine (C=N–C) groups is 1. The molecule has 0 saturated carbocycles. The Hall–Kier alpha value is -1.52. The molecule has 0 rings (SSSR count). The summed E-state index contributed by atoms with van der Waals surface area (Å²) in [5.41, 5.74) is 5.35. The Morgan fingerprint density at radius 1 is 1.38 bits per heavy atom. The average Bonchev–Trinajstić information content (AvgIpc) is 2.58. The highest BCUT2D eigenvalue weighted by Gasteiger charge is 2.34. The van der Waals surface area contributed by atoms with Gasteiger partial charge in [0.2, 0.25) is 5.91 Å². The normalized spacial score (nSPS) is 16.7. The van der Waals surface area contributed by atoms with Crippen molar-refractivity contribution in [3.63, 3.8) is 0 Å². The third-order valence-corrected chi connectivity index (χ3v) is 4.19. The van der Waals surface area contributed by atoms with Crippen LogP contribution in [0, 0.1) is 5.41 Å². The van der Waals surface area contributed by atoms with Gasteiger partial charge in [0.25, 0.3) is 0 Å². The summed E-state index contributed by atoms with van der Waals surface area (Å²) in [7, 11) is -1.71. The molecule has 0 saturated heterocycles. The Bertz CT molecular complexity index is 565. The van der Waals surface area contributed by atoms with E-state index in [0.717, 1.165) is 7.11 Å². The van der Waals surface area contributed by atoms with E-state index in [0.29, 0.717) is 5.71 Å². The number of aliphatic hydroxyl groups is 1. The van der Waals surface area contributed by atoms with E-state index in [4.69, 9.17) is 10.3 Å². The van der Waals surface area contributed by atoms with E-state index < -0.39 is 19.3 Å². The smallest absolute Gasteiger partial charge is 0.399 e. The second-order valence-corrected chi connectivity index (χ2v) is 7.72. The molecule has 12 heteroatoms. The number of rotatable bonds is 12.